The summed E-state index contributed by atoms with van der Waals surface area (Å²) in [5.41, 5.74) is 0.894. The highest BCUT2D eigenvalue weighted by Gasteiger charge is 2.30. The summed E-state index contributed by atoms with van der Waals surface area (Å²) in [5, 5.41) is 0. The summed E-state index contributed by atoms with van der Waals surface area (Å²) in [7, 11) is 0. The fourth-order valence-corrected chi connectivity index (χ4v) is 3.07. The van der Waals surface area contributed by atoms with Gasteiger partial charge in [-0.05, 0) is 12.8 Å². The Morgan fingerprint density at radius 1 is 1.32 bits per heavy atom. The maximum absolute atomic E-state index is 12.6. The molecule has 2 aromatic heterocycles. The molecule has 3 rings (SSSR count). The normalized spacial score (nSPS) is 17.9. The average molecular weight is 299 g/mol. The summed E-state index contributed by atoms with van der Waals surface area (Å²) in [4.78, 5) is 27.3. The molecule has 1 aliphatic heterocycles. The van der Waals surface area contributed by atoms with Crippen LogP contribution in [-0.2, 0) is 17.8 Å². The van der Waals surface area contributed by atoms with Crippen molar-refractivity contribution in [2.75, 3.05) is 6.54 Å². The fourth-order valence-electron chi connectivity index (χ4n) is 3.07. The van der Waals surface area contributed by atoms with E-state index in [0.29, 0.717) is 13.0 Å². The Morgan fingerprint density at radius 3 is 3.00 bits per heavy atom. The van der Waals surface area contributed by atoms with Crippen LogP contribution in [0.4, 0.5) is 0 Å². The molecule has 1 aliphatic rings. The van der Waals surface area contributed by atoms with E-state index < -0.39 is 0 Å². The molecule has 3 heterocycles. The van der Waals surface area contributed by atoms with Crippen molar-refractivity contribution in [1.82, 2.24) is 24.4 Å². The van der Waals surface area contributed by atoms with Gasteiger partial charge in [0.2, 0.25) is 5.91 Å². The van der Waals surface area contributed by atoms with Crippen LogP contribution in [0.15, 0.2) is 31.0 Å². The minimum atomic E-state index is 0.0784. The minimum absolute atomic E-state index is 0.0784. The Kier molecular flexibility index (Phi) is 4.46. The topological polar surface area (TPSA) is 63.9 Å². The molecule has 0 saturated carbocycles. The summed E-state index contributed by atoms with van der Waals surface area (Å²) in [5.74, 6) is 1.21. The van der Waals surface area contributed by atoms with E-state index in [2.05, 4.69) is 26.4 Å². The number of hydrogen-bond acceptors (Lipinski definition) is 4. The zero-order valence-electron chi connectivity index (χ0n) is 12.9. The van der Waals surface area contributed by atoms with Gasteiger partial charge in [0.15, 0.2) is 0 Å². The first-order chi connectivity index (χ1) is 10.8. The Labute approximate surface area is 130 Å². The second kappa shape index (κ2) is 6.68. The predicted molar refractivity (Wildman–Crippen MR) is 81.9 cm³/mol. The van der Waals surface area contributed by atoms with Crippen LogP contribution in [0.5, 0.6) is 0 Å². The van der Waals surface area contributed by atoms with Crippen molar-refractivity contribution >= 4 is 5.91 Å². The largest absolute Gasteiger partial charge is 0.334 e. The zero-order valence-corrected chi connectivity index (χ0v) is 12.9. The molecule has 1 amide bonds. The number of imidazole rings is 1. The number of likely N-dealkylation sites (tertiary alicyclic amines) is 1. The van der Waals surface area contributed by atoms with Crippen LogP contribution in [0.25, 0.3) is 0 Å². The van der Waals surface area contributed by atoms with Gasteiger partial charge in [-0.3, -0.25) is 14.8 Å². The molecule has 6 nitrogen and oxygen atoms in total. The van der Waals surface area contributed by atoms with E-state index in [1.807, 2.05) is 11.1 Å². The summed E-state index contributed by atoms with van der Waals surface area (Å²) >= 11 is 0. The number of aryl methyl sites for hydroxylation is 2. The molecule has 0 spiro atoms. The fraction of sp³-hybridized carbons (Fsp3) is 0.500. The Hall–Kier alpha value is -2.24. The van der Waals surface area contributed by atoms with Crippen LogP contribution in [0.2, 0.25) is 0 Å². The van der Waals surface area contributed by atoms with Crippen molar-refractivity contribution < 1.29 is 4.79 Å². The van der Waals surface area contributed by atoms with E-state index in [9.17, 15) is 4.79 Å². The Bertz CT molecular complexity index is 624. The van der Waals surface area contributed by atoms with E-state index in [4.69, 9.17) is 0 Å². The summed E-state index contributed by atoms with van der Waals surface area (Å²) in [6.45, 7) is 3.57. The van der Waals surface area contributed by atoms with Gasteiger partial charge >= 0.3 is 0 Å². The van der Waals surface area contributed by atoms with Gasteiger partial charge in [-0.2, -0.15) is 0 Å². The molecule has 0 bridgehead atoms. The van der Waals surface area contributed by atoms with Gasteiger partial charge in [0.05, 0.1) is 17.9 Å². The van der Waals surface area contributed by atoms with Crippen LogP contribution in [0.3, 0.4) is 0 Å². The van der Waals surface area contributed by atoms with E-state index in [1.165, 1.54) is 0 Å². The molecule has 6 heteroatoms. The third-order valence-corrected chi connectivity index (χ3v) is 4.18. The number of rotatable bonds is 5. The Balaban J connectivity index is 1.64. The molecular formula is C16H21N5O. The molecule has 1 saturated heterocycles. The highest BCUT2D eigenvalue weighted by molar-refractivity contribution is 5.76. The Morgan fingerprint density at radius 2 is 2.23 bits per heavy atom. The molecular weight excluding hydrogens is 278 g/mol. The highest BCUT2D eigenvalue weighted by atomic mass is 16.2. The molecule has 1 unspecified atom stereocenters. The number of aromatic nitrogens is 4. The minimum Gasteiger partial charge on any atom is -0.334 e. The number of carbonyl (C=O) groups excluding carboxylic acids is 1. The molecule has 0 aromatic carbocycles. The van der Waals surface area contributed by atoms with Crippen molar-refractivity contribution in [3.63, 3.8) is 0 Å². The lowest BCUT2D eigenvalue weighted by atomic mass is 10.1. The van der Waals surface area contributed by atoms with E-state index in [1.54, 1.807) is 24.8 Å². The van der Waals surface area contributed by atoms with Crippen LogP contribution in [0, 0.1) is 0 Å². The molecule has 0 radical (unpaired) electrons. The lowest BCUT2D eigenvalue weighted by Crippen LogP contribution is -2.31. The monoisotopic (exact) mass is 299 g/mol. The van der Waals surface area contributed by atoms with Crippen molar-refractivity contribution in [2.45, 2.75) is 45.2 Å². The van der Waals surface area contributed by atoms with Gasteiger partial charge < -0.3 is 9.47 Å². The van der Waals surface area contributed by atoms with Crippen molar-refractivity contribution in [3.8, 4) is 0 Å². The summed E-state index contributed by atoms with van der Waals surface area (Å²) < 4.78 is 2.06. The first-order valence-corrected chi connectivity index (χ1v) is 7.85. The van der Waals surface area contributed by atoms with Crippen LogP contribution in [0.1, 0.15) is 43.7 Å². The maximum atomic E-state index is 12.6. The number of hydrogen-bond donors (Lipinski definition) is 0. The van der Waals surface area contributed by atoms with Crippen molar-refractivity contribution in [2.24, 2.45) is 0 Å². The number of carbonyl (C=O) groups is 1. The van der Waals surface area contributed by atoms with Gasteiger partial charge in [-0.15, -0.1) is 0 Å². The third-order valence-electron chi connectivity index (χ3n) is 4.18. The van der Waals surface area contributed by atoms with E-state index in [0.717, 1.165) is 37.3 Å². The highest BCUT2D eigenvalue weighted by Crippen LogP contribution is 2.30. The second-order valence-electron chi connectivity index (χ2n) is 5.52. The van der Waals surface area contributed by atoms with Gasteiger partial charge in [0.1, 0.15) is 5.82 Å². The smallest absolute Gasteiger partial charge is 0.224 e. The van der Waals surface area contributed by atoms with Crippen LogP contribution >= 0.6 is 0 Å². The van der Waals surface area contributed by atoms with Gasteiger partial charge in [0.25, 0.3) is 0 Å². The second-order valence-corrected chi connectivity index (χ2v) is 5.52. The molecule has 1 atom stereocenters. The van der Waals surface area contributed by atoms with Crippen molar-refractivity contribution in [3.05, 3.63) is 42.5 Å². The molecule has 2 aromatic rings. The molecule has 0 N–H and O–H groups in total. The lowest BCUT2D eigenvalue weighted by Gasteiger charge is -2.24. The van der Waals surface area contributed by atoms with Gasteiger partial charge in [0, 0.05) is 50.7 Å². The number of nitrogens with zero attached hydrogens (tertiary/aromatic N) is 5. The van der Waals surface area contributed by atoms with Crippen LogP contribution < -0.4 is 0 Å². The molecule has 116 valence electrons. The van der Waals surface area contributed by atoms with Crippen LogP contribution in [-0.4, -0.2) is 36.9 Å². The van der Waals surface area contributed by atoms with E-state index in [-0.39, 0.29) is 11.9 Å². The third kappa shape index (κ3) is 3.00. The standard InChI is InChI=1S/C16H21N5O/c1-2-15-19-8-11-20(15)10-5-16(22)21-9-3-4-14(21)13-12-17-6-7-18-13/h6-8,11-12,14H,2-5,9-10H2,1H3. The molecule has 22 heavy (non-hydrogen) atoms. The quantitative estimate of drug-likeness (QED) is 0.847. The van der Waals surface area contributed by atoms with Gasteiger partial charge in [-0.1, -0.05) is 6.92 Å². The van der Waals surface area contributed by atoms with E-state index >= 15 is 0 Å². The first-order valence-electron chi connectivity index (χ1n) is 7.85. The average Bonchev–Trinajstić information content (AvgIpc) is 3.22. The lowest BCUT2D eigenvalue weighted by molar-refractivity contribution is -0.132. The first kappa shape index (κ1) is 14.7. The molecule has 0 aliphatic carbocycles. The summed E-state index contributed by atoms with van der Waals surface area (Å²) in [6.07, 6.45) is 12.2. The zero-order chi connectivity index (χ0) is 15.4. The predicted octanol–water partition coefficient (Wildman–Crippen LogP) is 1.99. The maximum Gasteiger partial charge on any atom is 0.224 e. The van der Waals surface area contributed by atoms with Gasteiger partial charge in [-0.25, -0.2) is 4.98 Å². The molecule has 1 fully saturated rings. The van der Waals surface area contributed by atoms with Crippen molar-refractivity contribution in [1.29, 1.82) is 0 Å². The summed E-state index contributed by atoms with van der Waals surface area (Å²) in [6, 6.07) is 0.0784. The SMILES string of the molecule is CCc1nccn1CCC(=O)N1CCCC1c1cnccn1. The number of amides is 1.